The van der Waals surface area contributed by atoms with Crippen LogP contribution in [-0.2, 0) is 11.2 Å². The zero-order valence-corrected chi connectivity index (χ0v) is 14.9. The van der Waals surface area contributed by atoms with Gasteiger partial charge in [-0.05, 0) is 49.7 Å². The van der Waals surface area contributed by atoms with Gasteiger partial charge in [0.05, 0.1) is 12.1 Å². The van der Waals surface area contributed by atoms with Crippen molar-refractivity contribution < 1.29 is 4.79 Å². The Morgan fingerprint density at radius 3 is 3.04 bits per heavy atom. The SMILES string of the molecule is CN1CC[C@@H](CNC(=O)Cc2cn3ccccc3n2)[C@@H]1c1cccnc1. The third-order valence-electron chi connectivity index (χ3n) is 5.12. The van der Waals surface area contributed by atoms with Gasteiger partial charge in [-0.3, -0.25) is 14.7 Å². The molecule has 134 valence electrons. The van der Waals surface area contributed by atoms with E-state index in [9.17, 15) is 4.79 Å². The zero-order chi connectivity index (χ0) is 17.9. The van der Waals surface area contributed by atoms with Gasteiger partial charge in [-0.1, -0.05) is 12.1 Å². The van der Waals surface area contributed by atoms with Gasteiger partial charge in [0.15, 0.2) is 0 Å². The van der Waals surface area contributed by atoms with Crippen LogP contribution in [0.3, 0.4) is 0 Å². The summed E-state index contributed by atoms with van der Waals surface area (Å²) in [6.45, 7) is 1.71. The summed E-state index contributed by atoms with van der Waals surface area (Å²) in [5.74, 6) is 0.419. The predicted octanol–water partition coefficient (Wildman–Crippen LogP) is 2.08. The minimum Gasteiger partial charge on any atom is -0.355 e. The molecule has 6 heteroatoms. The van der Waals surface area contributed by atoms with Crippen LogP contribution in [0.25, 0.3) is 5.65 Å². The second-order valence-electron chi connectivity index (χ2n) is 6.94. The van der Waals surface area contributed by atoms with Crippen molar-refractivity contribution in [1.29, 1.82) is 0 Å². The van der Waals surface area contributed by atoms with Crippen molar-refractivity contribution in [2.24, 2.45) is 5.92 Å². The van der Waals surface area contributed by atoms with Gasteiger partial charge in [0.1, 0.15) is 5.65 Å². The highest BCUT2D eigenvalue weighted by Gasteiger charge is 2.33. The van der Waals surface area contributed by atoms with Crippen LogP contribution < -0.4 is 5.32 Å². The molecule has 1 aliphatic heterocycles. The van der Waals surface area contributed by atoms with Crippen LogP contribution >= 0.6 is 0 Å². The summed E-state index contributed by atoms with van der Waals surface area (Å²) in [5, 5.41) is 3.10. The highest BCUT2D eigenvalue weighted by Crippen LogP contribution is 2.35. The molecule has 2 atom stereocenters. The van der Waals surface area contributed by atoms with Crippen LogP contribution in [0.15, 0.2) is 55.1 Å². The lowest BCUT2D eigenvalue weighted by Gasteiger charge is -2.25. The van der Waals surface area contributed by atoms with E-state index in [1.54, 1.807) is 6.20 Å². The molecule has 26 heavy (non-hydrogen) atoms. The van der Waals surface area contributed by atoms with Crippen molar-refractivity contribution >= 4 is 11.6 Å². The third kappa shape index (κ3) is 3.46. The van der Waals surface area contributed by atoms with Crippen LogP contribution in [0.5, 0.6) is 0 Å². The number of nitrogens with zero attached hydrogens (tertiary/aromatic N) is 4. The number of hydrogen-bond acceptors (Lipinski definition) is 4. The standard InChI is InChI=1S/C20H23N5O/c1-24-10-7-16(20(24)15-5-4-8-21-12-15)13-22-19(26)11-17-14-25-9-3-2-6-18(25)23-17/h2-6,8-9,12,14,16,20H,7,10-11,13H2,1H3,(H,22,26)/t16-,20-/m0/s1. The van der Waals surface area contributed by atoms with Gasteiger partial charge < -0.3 is 9.72 Å². The highest BCUT2D eigenvalue weighted by atomic mass is 16.1. The Kier molecular flexibility index (Phi) is 4.67. The van der Waals surface area contributed by atoms with E-state index in [0.29, 0.717) is 24.9 Å². The van der Waals surface area contributed by atoms with Gasteiger partial charge in [-0.25, -0.2) is 4.98 Å². The average molecular weight is 349 g/mol. The minimum atomic E-state index is 0.0212. The highest BCUT2D eigenvalue weighted by molar-refractivity contribution is 5.78. The van der Waals surface area contributed by atoms with Gasteiger partial charge >= 0.3 is 0 Å². The number of pyridine rings is 2. The molecule has 6 nitrogen and oxygen atoms in total. The van der Waals surface area contributed by atoms with Gasteiger partial charge in [0, 0.05) is 37.4 Å². The maximum absolute atomic E-state index is 12.4. The second kappa shape index (κ2) is 7.25. The first-order valence-corrected chi connectivity index (χ1v) is 9.00. The molecular weight excluding hydrogens is 326 g/mol. The molecule has 0 spiro atoms. The molecule has 3 aromatic rings. The van der Waals surface area contributed by atoms with E-state index in [0.717, 1.165) is 24.3 Å². The van der Waals surface area contributed by atoms with Gasteiger partial charge in [0.2, 0.25) is 5.91 Å². The third-order valence-corrected chi connectivity index (χ3v) is 5.12. The van der Waals surface area contributed by atoms with Crippen LogP contribution in [0.4, 0.5) is 0 Å². The Morgan fingerprint density at radius 1 is 1.31 bits per heavy atom. The summed E-state index contributed by atoms with van der Waals surface area (Å²) < 4.78 is 1.94. The van der Waals surface area contributed by atoms with E-state index >= 15 is 0 Å². The number of rotatable bonds is 5. The van der Waals surface area contributed by atoms with Gasteiger partial charge in [-0.15, -0.1) is 0 Å². The van der Waals surface area contributed by atoms with Crippen molar-refractivity contribution in [2.75, 3.05) is 20.1 Å². The maximum atomic E-state index is 12.4. The molecule has 1 N–H and O–H groups in total. The van der Waals surface area contributed by atoms with E-state index in [2.05, 4.69) is 33.3 Å². The van der Waals surface area contributed by atoms with Crippen molar-refractivity contribution in [3.8, 4) is 0 Å². The molecule has 1 aliphatic rings. The molecule has 0 radical (unpaired) electrons. The normalized spacial score (nSPS) is 20.5. The maximum Gasteiger partial charge on any atom is 0.226 e. The van der Waals surface area contributed by atoms with Crippen LogP contribution in [0, 0.1) is 5.92 Å². The number of carbonyl (C=O) groups is 1. The molecule has 1 amide bonds. The predicted molar refractivity (Wildman–Crippen MR) is 99.6 cm³/mol. The van der Waals surface area contributed by atoms with E-state index < -0.39 is 0 Å². The molecule has 1 fully saturated rings. The molecule has 3 aromatic heterocycles. The molecule has 4 rings (SSSR count). The topological polar surface area (TPSA) is 62.5 Å². The Bertz CT molecular complexity index is 858. The molecule has 0 aliphatic carbocycles. The summed E-state index contributed by atoms with van der Waals surface area (Å²) >= 11 is 0. The lowest BCUT2D eigenvalue weighted by molar-refractivity contribution is -0.120. The smallest absolute Gasteiger partial charge is 0.226 e. The summed E-state index contributed by atoms with van der Waals surface area (Å²) in [7, 11) is 2.14. The molecule has 0 aromatic carbocycles. The van der Waals surface area contributed by atoms with Crippen LogP contribution in [0.2, 0.25) is 0 Å². The van der Waals surface area contributed by atoms with Gasteiger partial charge in [0.25, 0.3) is 0 Å². The number of carbonyl (C=O) groups excluding carboxylic acids is 1. The first-order chi connectivity index (χ1) is 12.7. The number of amides is 1. The summed E-state index contributed by atoms with van der Waals surface area (Å²) in [4.78, 5) is 23.5. The minimum absolute atomic E-state index is 0.0212. The molecular formula is C20H23N5O. The quantitative estimate of drug-likeness (QED) is 0.766. The molecule has 0 saturated carbocycles. The van der Waals surface area contributed by atoms with E-state index in [1.165, 1.54) is 5.56 Å². The van der Waals surface area contributed by atoms with Crippen LogP contribution in [-0.4, -0.2) is 45.3 Å². The van der Waals surface area contributed by atoms with E-state index in [1.807, 2.05) is 47.3 Å². The first kappa shape index (κ1) is 16.7. The fourth-order valence-electron chi connectivity index (χ4n) is 3.86. The van der Waals surface area contributed by atoms with E-state index in [-0.39, 0.29) is 5.91 Å². The van der Waals surface area contributed by atoms with Crippen molar-refractivity contribution in [2.45, 2.75) is 18.9 Å². The fraction of sp³-hybridized carbons (Fsp3) is 0.350. The molecule has 0 bridgehead atoms. The van der Waals surface area contributed by atoms with Crippen molar-refractivity contribution in [3.63, 3.8) is 0 Å². The first-order valence-electron chi connectivity index (χ1n) is 9.00. The van der Waals surface area contributed by atoms with Crippen molar-refractivity contribution in [1.82, 2.24) is 24.6 Å². The number of aromatic nitrogens is 3. The number of fused-ring (bicyclic) bond motifs is 1. The Morgan fingerprint density at radius 2 is 2.23 bits per heavy atom. The summed E-state index contributed by atoms with van der Waals surface area (Å²) in [5.41, 5.74) is 2.87. The summed E-state index contributed by atoms with van der Waals surface area (Å²) in [6.07, 6.45) is 8.96. The molecule has 1 saturated heterocycles. The largest absolute Gasteiger partial charge is 0.355 e. The number of hydrogen-bond donors (Lipinski definition) is 1. The molecule has 0 unspecified atom stereocenters. The van der Waals surface area contributed by atoms with Crippen molar-refractivity contribution in [3.05, 3.63) is 66.4 Å². The monoisotopic (exact) mass is 349 g/mol. The summed E-state index contributed by atoms with van der Waals surface area (Å²) in [6, 6.07) is 10.2. The number of nitrogens with one attached hydrogen (secondary N) is 1. The van der Waals surface area contributed by atoms with Crippen LogP contribution in [0.1, 0.15) is 23.7 Å². The Hall–Kier alpha value is -2.73. The second-order valence-corrected chi connectivity index (χ2v) is 6.94. The average Bonchev–Trinajstić information content (AvgIpc) is 3.23. The van der Waals surface area contributed by atoms with Gasteiger partial charge in [-0.2, -0.15) is 0 Å². The fourth-order valence-corrected chi connectivity index (χ4v) is 3.86. The zero-order valence-electron chi connectivity index (χ0n) is 14.9. The lowest BCUT2D eigenvalue weighted by Crippen LogP contribution is -2.33. The lowest BCUT2D eigenvalue weighted by atomic mass is 9.94. The Balaban J connectivity index is 1.37. The number of imidazole rings is 1. The number of likely N-dealkylation sites (tertiary alicyclic amines) is 1. The van der Waals surface area contributed by atoms with E-state index in [4.69, 9.17) is 0 Å². The Labute approximate surface area is 152 Å². The molecule has 4 heterocycles.